The SMILES string of the molecule is CC(=O)c1cc(Br)cc(N)c1OCCSc1ccccc1. The highest BCUT2D eigenvalue weighted by Gasteiger charge is 2.13. The van der Waals surface area contributed by atoms with E-state index in [1.54, 1.807) is 23.9 Å². The maximum Gasteiger partial charge on any atom is 0.163 e. The third-order valence-electron chi connectivity index (χ3n) is 2.80. The quantitative estimate of drug-likeness (QED) is 0.356. The van der Waals surface area contributed by atoms with E-state index < -0.39 is 0 Å². The second-order valence-corrected chi connectivity index (χ2v) is 6.52. The van der Waals surface area contributed by atoms with Crippen LogP contribution in [-0.2, 0) is 0 Å². The van der Waals surface area contributed by atoms with Crippen LogP contribution in [0.25, 0.3) is 0 Å². The molecule has 21 heavy (non-hydrogen) atoms. The van der Waals surface area contributed by atoms with Crippen molar-refractivity contribution < 1.29 is 9.53 Å². The summed E-state index contributed by atoms with van der Waals surface area (Å²) >= 11 is 5.04. The third kappa shape index (κ3) is 4.51. The highest BCUT2D eigenvalue weighted by Crippen LogP contribution is 2.31. The van der Waals surface area contributed by atoms with Crippen molar-refractivity contribution in [2.75, 3.05) is 18.1 Å². The molecule has 0 radical (unpaired) electrons. The molecule has 0 saturated heterocycles. The Morgan fingerprint density at radius 3 is 2.67 bits per heavy atom. The molecular formula is C16H16BrNO2S. The first-order chi connectivity index (χ1) is 10.1. The largest absolute Gasteiger partial charge is 0.490 e. The Balaban J connectivity index is 1.98. The molecule has 2 aromatic rings. The number of nitrogens with two attached hydrogens (primary N) is 1. The number of nitrogen functional groups attached to an aromatic ring is 1. The average Bonchev–Trinajstić information content (AvgIpc) is 2.45. The Hall–Kier alpha value is -1.46. The van der Waals surface area contributed by atoms with Crippen LogP contribution in [0, 0.1) is 0 Å². The molecule has 0 aromatic heterocycles. The minimum absolute atomic E-state index is 0.0614. The average molecular weight is 366 g/mol. The fraction of sp³-hybridized carbons (Fsp3) is 0.188. The van der Waals surface area contributed by atoms with Crippen molar-refractivity contribution in [3.8, 4) is 5.75 Å². The van der Waals surface area contributed by atoms with Crippen LogP contribution in [0.1, 0.15) is 17.3 Å². The molecule has 0 spiro atoms. The van der Waals surface area contributed by atoms with Crippen molar-refractivity contribution in [1.29, 1.82) is 0 Å². The van der Waals surface area contributed by atoms with Crippen LogP contribution >= 0.6 is 27.7 Å². The topological polar surface area (TPSA) is 52.3 Å². The Labute approximate surface area is 137 Å². The van der Waals surface area contributed by atoms with Gasteiger partial charge in [0, 0.05) is 15.1 Å². The van der Waals surface area contributed by atoms with Crippen LogP contribution in [0.5, 0.6) is 5.75 Å². The zero-order valence-electron chi connectivity index (χ0n) is 11.6. The first kappa shape index (κ1) is 15.9. The van der Waals surface area contributed by atoms with Crippen LogP contribution in [0.4, 0.5) is 5.69 Å². The molecule has 2 N–H and O–H groups in total. The van der Waals surface area contributed by atoms with Crippen LogP contribution in [-0.4, -0.2) is 18.1 Å². The zero-order chi connectivity index (χ0) is 15.2. The number of halogens is 1. The number of benzene rings is 2. The standard InChI is InChI=1S/C16H16BrNO2S/c1-11(19)14-9-12(17)10-15(18)16(14)20-7-8-21-13-5-3-2-4-6-13/h2-6,9-10H,7-8,18H2,1H3. The Morgan fingerprint density at radius 2 is 2.00 bits per heavy atom. The molecule has 0 atom stereocenters. The summed E-state index contributed by atoms with van der Waals surface area (Å²) in [5.41, 5.74) is 6.92. The summed E-state index contributed by atoms with van der Waals surface area (Å²) in [6.45, 7) is 2.00. The molecule has 3 nitrogen and oxygen atoms in total. The zero-order valence-corrected chi connectivity index (χ0v) is 14.0. The number of rotatable bonds is 6. The van der Waals surface area contributed by atoms with E-state index in [0.717, 1.165) is 10.2 Å². The van der Waals surface area contributed by atoms with Gasteiger partial charge in [0.05, 0.1) is 17.9 Å². The summed E-state index contributed by atoms with van der Waals surface area (Å²) in [7, 11) is 0. The van der Waals surface area contributed by atoms with Crippen LogP contribution in [0.15, 0.2) is 51.8 Å². The van der Waals surface area contributed by atoms with Gasteiger partial charge in [0.15, 0.2) is 11.5 Å². The predicted molar refractivity (Wildman–Crippen MR) is 91.2 cm³/mol. The lowest BCUT2D eigenvalue weighted by Crippen LogP contribution is -2.07. The number of ether oxygens (including phenoxy) is 1. The molecule has 0 fully saturated rings. The second-order valence-electron chi connectivity index (χ2n) is 4.44. The van der Waals surface area contributed by atoms with Crippen molar-refractivity contribution in [3.63, 3.8) is 0 Å². The first-order valence-corrected chi connectivity index (χ1v) is 8.26. The van der Waals surface area contributed by atoms with E-state index in [1.165, 1.54) is 11.8 Å². The van der Waals surface area contributed by atoms with Crippen molar-refractivity contribution in [3.05, 3.63) is 52.5 Å². The van der Waals surface area contributed by atoms with E-state index in [1.807, 2.05) is 18.2 Å². The number of hydrogen-bond acceptors (Lipinski definition) is 4. The molecule has 0 aliphatic carbocycles. The molecule has 2 aromatic carbocycles. The lowest BCUT2D eigenvalue weighted by Gasteiger charge is -2.13. The Bertz CT molecular complexity index is 632. The summed E-state index contributed by atoms with van der Waals surface area (Å²) < 4.78 is 6.49. The molecule has 2 rings (SSSR count). The highest BCUT2D eigenvalue weighted by atomic mass is 79.9. The van der Waals surface area contributed by atoms with Gasteiger partial charge >= 0.3 is 0 Å². The number of Topliss-reactive ketones (excluding diaryl/α,β-unsaturated/α-hetero) is 1. The number of hydrogen-bond donors (Lipinski definition) is 1. The number of anilines is 1. The van der Waals surface area contributed by atoms with Gasteiger partial charge in [0.1, 0.15) is 0 Å². The Morgan fingerprint density at radius 1 is 1.29 bits per heavy atom. The van der Waals surface area contributed by atoms with Gasteiger partial charge in [-0.3, -0.25) is 4.79 Å². The minimum Gasteiger partial charge on any atom is -0.490 e. The van der Waals surface area contributed by atoms with Gasteiger partial charge in [0.25, 0.3) is 0 Å². The van der Waals surface area contributed by atoms with Crippen LogP contribution < -0.4 is 10.5 Å². The fourth-order valence-electron chi connectivity index (χ4n) is 1.86. The summed E-state index contributed by atoms with van der Waals surface area (Å²) in [4.78, 5) is 12.9. The molecule has 0 aliphatic rings. The van der Waals surface area contributed by atoms with E-state index in [4.69, 9.17) is 10.5 Å². The van der Waals surface area contributed by atoms with Gasteiger partial charge in [-0.05, 0) is 31.2 Å². The lowest BCUT2D eigenvalue weighted by atomic mass is 10.1. The summed E-state index contributed by atoms with van der Waals surface area (Å²) in [6, 6.07) is 13.6. The molecule has 5 heteroatoms. The number of carbonyl (C=O) groups excluding carboxylic acids is 1. The highest BCUT2D eigenvalue weighted by molar-refractivity contribution is 9.10. The van der Waals surface area contributed by atoms with Gasteiger partial charge in [-0.15, -0.1) is 11.8 Å². The number of thioether (sulfide) groups is 1. The number of ketones is 1. The normalized spacial score (nSPS) is 10.4. The second kappa shape index (κ2) is 7.52. The predicted octanol–water partition coefficient (Wildman–Crippen LogP) is 4.41. The fourth-order valence-corrected chi connectivity index (χ4v) is 3.08. The molecule has 0 amide bonds. The number of carbonyl (C=O) groups is 1. The molecule has 110 valence electrons. The van der Waals surface area contributed by atoms with Crippen molar-refractivity contribution >= 4 is 39.2 Å². The van der Waals surface area contributed by atoms with E-state index >= 15 is 0 Å². The van der Waals surface area contributed by atoms with Gasteiger partial charge < -0.3 is 10.5 Å². The molecular weight excluding hydrogens is 350 g/mol. The molecule has 0 saturated carbocycles. The first-order valence-electron chi connectivity index (χ1n) is 6.48. The van der Waals surface area contributed by atoms with Crippen molar-refractivity contribution in [1.82, 2.24) is 0 Å². The minimum atomic E-state index is -0.0614. The smallest absolute Gasteiger partial charge is 0.163 e. The summed E-state index contributed by atoms with van der Waals surface area (Å²) in [6.07, 6.45) is 0. The summed E-state index contributed by atoms with van der Waals surface area (Å²) in [5, 5.41) is 0. The van der Waals surface area contributed by atoms with E-state index in [2.05, 4.69) is 28.1 Å². The van der Waals surface area contributed by atoms with Crippen LogP contribution in [0.2, 0.25) is 0 Å². The molecule has 0 aliphatic heterocycles. The van der Waals surface area contributed by atoms with Crippen LogP contribution in [0.3, 0.4) is 0 Å². The monoisotopic (exact) mass is 365 g/mol. The molecule has 0 unspecified atom stereocenters. The van der Waals surface area contributed by atoms with Crippen molar-refractivity contribution in [2.24, 2.45) is 0 Å². The maximum atomic E-state index is 11.7. The van der Waals surface area contributed by atoms with E-state index in [9.17, 15) is 4.79 Å². The van der Waals surface area contributed by atoms with Gasteiger partial charge in [-0.2, -0.15) is 0 Å². The maximum absolute atomic E-state index is 11.7. The van der Waals surface area contributed by atoms with Crippen molar-refractivity contribution in [2.45, 2.75) is 11.8 Å². The van der Waals surface area contributed by atoms with E-state index in [-0.39, 0.29) is 5.78 Å². The molecule has 0 bridgehead atoms. The Kier molecular flexibility index (Phi) is 5.70. The van der Waals surface area contributed by atoms with E-state index in [0.29, 0.717) is 23.6 Å². The summed E-state index contributed by atoms with van der Waals surface area (Å²) in [5.74, 6) is 1.20. The third-order valence-corrected chi connectivity index (χ3v) is 4.24. The lowest BCUT2D eigenvalue weighted by molar-refractivity contribution is 0.101. The van der Waals surface area contributed by atoms with Gasteiger partial charge in [-0.25, -0.2) is 0 Å². The van der Waals surface area contributed by atoms with Gasteiger partial charge in [0.2, 0.25) is 0 Å². The van der Waals surface area contributed by atoms with Gasteiger partial charge in [-0.1, -0.05) is 34.1 Å². The molecule has 0 heterocycles.